The van der Waals surface area contributed by atoms with Gasteiger partial charge in [0.2, 0.25) is 5.91 Å². The second-order valence-corrected chi connectivity index (χ2v) is 5.99. The standard InChI is InChI=1S/C15H17NOS/c1-18-13-4-2-3-12(9-13)16-15(17)14-8-10-5-6-11(14)7-10/h2-6,9-11,14H,7-8H2,1H3,(H,16,17)/t10-,11+,14+/m1/s1. The molecule has 2 bridgehead atoms. The third kappa shape index (κ3) is 2.19. The highest BCUT2D eigenvalue weighted by molar-refractivity contribution is 7.98. The minimum absolute atomic E-state index is 0.179. The van der Waals surface area contributed by atoms with E-state index >= 15 is 0 Å². The number of thioether (sulfide) groups is 1. The Morgan fingerprint density at radius 3 is 2.89 bits per heavy atom. The van der Waals surface area contributed by atoms with Gasteiger partial charge in [0.1, 0.15) is 0 Å². The molecule has 94 valence electrons. The van der Waals surface area contributed by atoms with Crippen molar-refractivity contribution >= 4 is 23.4 Å². The number of carbonyl (C=O) groups is 1. The van der Waals surface area contributed by atoms with Crippen LogP contribution < -0.4 is 5.32 Å². The summed E-state index contributed by atoms with van der Waals surface area (Å²) in [7, 11) is 0. The van der Waals surface area contributed by atoms with Crippen LogP contribution in [0.2, 0.25) is 0 Å². The molecule has 2 aliphatic carbocycles. The number of carbonyl (C=O) groups excluding carboxylic acids is 1. The molecule has 1 aromatic rings. The summed E-state index contributed by atoms with van der Waals surface area (Å²) in [5.41, 5.74) is 0.915. The van der Waals surface area contributed by atoms with Gasteiger partial charge >= 0.3 is 0 Å². The van der Waals surface area contributed by atoms with Gasteiger partial charge in [-0.05, 0) is 49.1 Å². The summed E-state index contributed by atoms with van der Waals surface area (Å²) < 4.78 is 0. The Kier molecular flexibility index (Phi) is 3.16. The zero-order valence-electron chi connectivity index (χ0n) is 10.4. The number of benzene rings is 1. The summed E-state index contributed by atoms with van der Waals surface area (Å²) in [6, 6.07) is 8.04. The van der Waals surface area contributed by atoms with Crippen molar-refractivity contribution in [3.8, 4) is 0 Å². The van der Waals surface area contributed by atoms with Crippen LogP contribution >= 0.6 is 11.8 Å². The van der Waals surface area contributed by atoms with E-state index in [1.807, 2.05) is 24.5 Å². The second-order valence-electron chi connectivity index (χ2n) is 5.11. The number of hydrogen-bond acceptors (Lipinski definition) is 2. The smallest absolute Gasteiger partial charge is 0.228 e. The van der Waals surface area contributed by atoms with Crippen LogP contribution in [0, 0.1) is 17.8 Å². The van der Waals surface area contributed by atoms with Gasteiger partial charge in [0, 0.05) is 16.5 Å². The Morgan fingerprint density at radius 1 is 1.33 bits per heavy atom. The SMILES string of the molecule is CSc1cccc(NC(=O)[C@H]2C[C@@H]3C=C[C@H]2C3)c1. The largest absolute Gasteiger partial charge is 0.326 e. The van der Waals surface area contributed by atoms with E-state index in [0.29, 0.717) is 11.8 Å². The molecule has 0 aliphatic heterocycles. The van der Waals surface area contributed by atoms with Crippen molar-refractivity contribution in [3.63, 3.8) is 0 Å². The Labute approximate surface area is 112 Å². The first-order valence-corrected chi connectivity index (χ1v) is 7.62. The zero-order chi connectivity index (χ0) is 12.5. The minimum atomic E-state index is 0.179. The van der Waals surface area contributed by atoms with Gasteiger partial charge in [-0.15, -0.1) is 11.8 Å². The van der Waals surface area contributed by atoms with Gasteiger partial charge < -0.3 is 5.32 Å². The van der Waals surface area contributed by atoms with Gasteiger partial charge in [-0.1, -0.05) is 18.2 Å². The predicted octanol–water partition coefficient (Wildman–Crippen LogP) is 3.56. The van der Waals surface area contributed by atoms with Gasteiger partial charge in [-0.3, -0.25) is 4.79 Å². The Balaban J connectivity index is 1.69. The number of hydrogen-bond donors (Lipinski definition) is 1. The molecule has 0 spiro atoms. The lowest BCUT2D eigenvalue weighted by Gasteiger charge is -2.17. The molecule has 0 aromatic heterocycles. The number of anilines is 1. The van der Waals surface area contributed by atoms with E-state index in [1.165, 1.54) is 11.3 Å². The third-order valence-corrected chi connectivity index (χ3v) is 4.68. The van der Waals surface area contributed by atoms with E-state index in [-0.39, 0.29) is 11.8 Å². The molecule has 2 nitrogen and oxygen atoms in total. The molecule has 1 N–H and O–H groups in total. The molecule has 0 unspecified atom stereocenters. The molecule has 0 heterocycles. The van der Waals surface area contributed by atoms with E-state index in [1.54, 1.807) is 11.8 Å². The van der Waals surface area contributed by atoms with Crippen molar-refractivity contribution in [1.82, 2.24) is 0 Å². The molecule has 1 amide bonds. The minimum Gasteiger partial charge on any atom is -0.326 e. The fraction of sp³-hybridized carbons (Fsp3) is 0.400. The summed E-state index contributed by atoms with van der Waals surface area (Å²) >= 11 is 1.69. The van der Waals surface area contributed by atoms with Crippen LogP contribution in [0.3, 0.4) is 0 Å². The summed E-state index contributed by atoms with van der Waals surface area (Å²) in [6.45, 7) is 0. The van der Waals surface area contributed by atoms with Crippen LogP contribution in [0.1, 0.15) is 12.8 Å². The molecule has 1 fully saturated rings. The molecule has 0 saturated heterocycles. The first-order chi connectivity index (χ1) is 8.76. The molecule has 3 rings (SSSR count). The lowest BCUT2D eigenvalue weighted by atomic mass is 9.93. The van der Waals surface area contributed by atoms with Crippen molar-refractivity contribution < 1.29 is 4.79 Å². The highest BCUT2D eigenvalue weighted by Crippen LogP contribution is 2.43. The van der Waals surface area contributed by atoms with Crippen molar-refractivity contribution in [2.24, 2.45) is 17.8 Å². The average molecular weight is 259 g/mol. The fourth-order valence-corrected chi connectivity index (χ4v) is 3.48. The highest BCUT2D eigenvalue weighted by atomic mass is 32.2. The topological polar surface area (TPSA) is 29.1 Å². The van der Waals surface area contributed by atoms with E-state index in [4.69, 9.17) is 0 Å². The van der Waals surface area contributed by atoms with Crippen LogP contribution in [-0.2, 0) is 4.79 Å². The first-order valence-electron chi connectivity index (χ1n) is 6.39. The summed E-state index contributed by atoms with van der Waals surface area (Å²) in [5, 5.41) is 3.06. The molecule has 2 aliphatic rings. The molecular formula is C15H17NOS. The maximum Gasteiger partial charge on any atom is 0.228 e. The van der Waals surface area contributed by atoms with Gasteiger partial charge in [0.25, 0.3) is 0 Å². The number of fused-ring (bicyclic) bond motifs is 2. The Bertz CT molecular complexity index is 497. The monoisotopic (exact) mass is 259 g/mol. The molecule has 3 heteroatoms. The molecule has 1 saturated carbocycles. The van der Waals surface area contributed by atoms with Gasteiger partial charge in [0.15, 0.2) is 0 Å². The number of amides is 1. The Morgan fingerprint density at radius 2 is 2.22 bits per heavy atom. The normalized spacial score (nSPS) is 28.6. The lowest BCUT2D eigenvalue weighted by Crippen LogP contribution is -2.25. The van der Waals surface area contributed by atoms with Crippen molar-refractivity contribution in [2.45, 2.75) is 17.7 Å². The molecular weight excluding hydrogens is 242 g/mol. The van der Waals surface area contributed by atoms with Crippen LogP contribution in [0.25, 0.3) is 0 Å². The van der Waals surface area contributed by atoms with Crippen molar-refractivity contribution in [2.75, 3.05) is 11.6 Å². The summed E-state index contributed by atoms with van der Waals surface area (Å²) in [6.07, 6.45) is 8.72. The van der Waals surface area contributed by atoms with E-state index in [0.717, 1.165) is 12.1 Å². The molecule has 1 aromatic carbocycles. The zero-order valence-corrected chi connectivity index (χ0v) is 11.2. The van der Waals surface area contributed by atoms with E-state index < -0.39 is 0 Å². The summed E-state index contributed by atoms with van der Waals surface area (Å²) in [4.78, 5) is 13.4. The molecule has 3 atom stereocenters. The van der Waals surface area contributed by atoms with Crippen molar-refractivity contribution in [3.05, 3.63) is 36.4 Å². The quantitative estimate of drug-likeness (QED) is 0.664. The number of nitrogens with one attached hydrogen (secondary N) is 1. The van der Waals surface area contributed by atoms with Gasteiger partial charge in [-0.25, -0.2) is 0 Å². The predicted molar refractivity (Wildman–Crippen MR) is 75.7 cm³/mol. The molecule has 18 heavy (non-hydrogen) atoms. The van der Waals surface area contributed by atoms with Gasteiger partial charge in [-0.2, -0.15) is 0 Å². The maximum absolute atomic E-state index is 12.3. The highest BCUT2D eigenvalue weighted by Gasteiger charge is 2.39. The number of allylic oxidation sites excluding steroid dienone is 2. The van der Waals surface area contributed by atoms with Crippen LogP contribution in [-0.4, -0.2) is 12.2 Å². The molecule has 0 radical (unpaired) electrons. The lowest BCUT2D eigenvalue weighted by molar-refractivity contribution is -0.120. The van der Waals surface area contributed by atoms with Gasteiger partial charge in [0.05, 0.1) is 0 Å². The second kappa shape index (κ2) is 4.81. The maximum atomic E-state index is 12.3. The fourth-order valence-electron chi connectivity index (χ4n) is 3.02. The summed E-state index contributed by atoms with van der Waals surface area (Å²) in [5.74, 6) is 1.48. The van der Waals surface area contributed by atoms with Crippen LogP contribution in [0.15, 0.2) is 41.3 Å². The van der Waals surface area contributed by atoms with E-state index in [2.05, 4.69) is 23.5 Å². The third-order valence-electron chi connectivity index (χ3n) is 3.95. The van der Waals surface area contributed by atoms with Crippen LogP contribution in [0.5, 0.6) is 0 Å². The first kappa shape index (κ1) is 11.8. The average Bonchev–Trinajstić information content (AvgIpc) is 3.01. The Hall–Kier alpha value is -1.22. The van der Waals surface area contributed by atoms with E-state index in [9.17, 15) is 4.79 Å². The number of rotatable bonds is 3. The van der Waals surface area contributed by atoms with Crippen LogP contribution in [0.4, 0.5) is 5.69 Å². The van der Waals surface area contributed by atoms with Crippen molar-refractivity contribution in [1.29, 1.82) is 0 Å².